The lowest BCUT2D eigenvalue weighted by Gasteiger charge is -2.33. The number of rotatable bonds is 4. The predicted molar refractivity (Wildman–Crippen MR) is 82.5 cm³/mol. The van der Waals surface area contributed by atoms with Crippen LogP contribution in [0.15, 0.2) is 30.6 Å². The maximum atomic E-state index is 9.09. The van der Waals surface area contributed by atoms with E-state index in [0.717, 1.165) is 31.7 Å². The summed E-state index contributed by atoms with van der Waals surface area (Å²) in [7, 11) is 0. The molecular weight excluding hydrogens is 278 g/mol. The van der Waals surface area contributed by atoms with Gasteiger partial charge in [-0.25, -0.2) is 4.98 Å². The van der Waals surface area contributed by atoms with Crippen LogP contribution in [0, 0.1) is 11.3 Å². The summed E-state index contributed by atoms with van der Waals surface area (Å²) in [6.07, 6.45) is 5.51. The molecule has 6 nitrogen and oxygen atoms in total. The highest BCUT2D eigenvalue weighted by molar-refractivity contribution is 5.42. The van der Waals surface area contributed by atoms with Crippen LogP contribution in [0.2, 0.25) is 0 Å². The number of nitrogens with zero attached hydrogens (tertiary/aromatic N) is 5. The van der Waals surface area contributed by atoms with Gasteiger partial charge in [0.05, 0.1) is 18.7 Å². The summed E-state index contributed by atoms with van der Waals surface area (Å²) in [5.74, 6) is 1.41. The van der Waals surface area contributed by atoms with Crippen LogP contribution in [-0.4, -0.2) is 39.6 Å². The van der Waals surface area contributed by atoms with Gasteiger partial charge < -0.3 is 10.0 Å². The Kier molecular flexibility index (Phi) is 4.35. The van der Waals surface area contributed by atoms with Crippen LogP contribution >= 0.6 is 0 Å². The highest BCUT2D eigenvalue weighted by Gasteiger charge is 2.23. The normalized spacial score (nSPS) is 15.7. The fourth-order valence-electron chi connectivity index (χ4n) is 3.01. The molecule has 0 atom stereocenters. The average Bonchev–Trinajstić information content (AvgIpc) is 3.04. The van der Waals surface area contributed by atoms with Crippen molar-refractivity contribution in [3.63, 3.8) is 0 Å². The number of pyridine rings is 1. The lowest BCUT2D eigenvalue weighted by atomic mass is 9.93. The quantitative estimate of drug-likeness (QED) is 0.926. The van der Waals surface area contributed by atoms with E-state index in [4.69, 9.17) is 10.4 Å². The smallest absolute Gasteiger partial charge is 0.128 e. The number of anilines is 1. The fraction of sp³-hybridized carbons (Fsp3) is 0.438. The Morgan fingerprint density at radius 2 is 2.09 bits per heavy atom. The topological polar surface area (TPSA) is 78.0 Å². The number of aliphatic hydroxyl groups is 1. The van der Waals surface area contributed by atoms with Crippen LogP contribution in [0.3, 0.4) is 0 Å². The first kappa shape index (κ1) is 14.5. The second kappa shape index (κ2) is 6.58. The number of hydrogen-bond acceptors (Lipinski definition) is 5. The molecular formula is C16H19N5O. The summed E-state index contributed by atoms with van der Waals surface area (Å²) in [5, 5.41) is 22.2. The Bertz CT molecular complexity index is 650. The summed E-state index contributed by atoms with van der Waals surface area (Å²) in [6, 6.07) is 7.86. The van der Waals surface area contributed by atoms with Gasteiger partial charge in [0, 0.05) is 37.1 Å². The van der Waals surface area contributed by atoms with Crippen LogP contribution in [-0.2, 0) is 6.54 Å². The molecule has 3 rings (SSSR count). The molecule has 1 fully saturated rings. The van der Waals surface area contributed by atoms with Crippen molar-refractivity contribution in [2.45, 2.75) is 25.3 Å². The van der Waals surface area contributed by atoms with E-state index in [1.807, 2.05) is 16.8 Å². The van der Waals surface area contributed by atoms with Gasteiger partial charge in [0.1, 0.15) is 11.9 Å². The lowest BCUT2D eigenvalue weighted by molar-refractivity contribution is 0.265. The van der Waals surface area contributed by atoms with Crippen LogP contribution in [0.1, 0.15) is 30.0 Å². The third-order valence-corrected chi connectivity index (χ3v) is 4.18. The maximum Gasteiger partial charge on any atom is 0.128 e. The summed E-state index contributed by atoms with van der Waals surface area (Å²) in [4.78, 5) is 6.62. The third-order valence-electron chi connectivity index (χ3n) is 4.18. The summed E-state index contributed by atoms with van der Waals surface area (Å²) >= 11 is 0. The van der Waals surface area contributed by atoms with Gasteiger partial charge in [-0.2, -0.15) is 10.4 Å². The van der Waals surface area contributed by atoms with E-state index in [0.29, 0.717) is 18.0 Å². The summed E-state index contributed by atoms with van der Waals surface area (Å²) in [5.41, 5.74) is 1.80. The molecule has 1 aliphatic heterocycles. The van der Waals surface area contributed by atoms with Crippen LogP contribution < -0.4 is 4.90 Å². The molecule has 1 aliphatic rings. The molecule has 1 saturated heterocycles. The first-order valence-corrected chi connectivity index (χ1v) is 7.55. The first-order chi connectivity index (χ1) is 10.8. The second-order valence-corrected chi connectivity index (χ2v) is 5.48. The molecule has 0 radical (unpaired) electrons. The van der Waals surface area contributed by atoms with E-state index in [1.54, 1.807) is 12.4 Å². The molecule has 1 N–H and O–H groups in total. The van der Waals surface area contributed by atoms with E-state index in [-0.39, 0.29) is 6.61 Å². The zero-order valence-corrected chi connectivity index (χ0v) is 12.4. The van der Waals surface area contributed by atoms with Crippen LogP contribution in [0.5, 0.6) is 0 Å². The van der Waals surface area contributed by atoms with Gasteiger partial charge in [-0.3, -0.25) is 4.68 Å². The van der Waals surface area contributed by atoms with Crippen molar-refractivity contribution in [1.82, 2.24) is 14.8 Å². The van der Waals surface area contributed by atoms with Gasteiger partial charge in [0.25, 0.3) is 0 Å². The molecule has 0 unspecified atom stereocenters. The number of piperidine rings is 1. The molecule has 0 aromatic carbocycles. The molecule has 0 amide bonds. The minimum absolute atomic E-state index is 0.114. The van der Waals surface area contributed by atoms with Crippen LogP contribution in [0.25, 0.3) is 0 Å². The maximum absolute atomic E-state index is 9.09. The van der Waals surface area contributed by atoms with Crippen molar-refractivity contribution in [3.05, 3.63) is 41.9 Å². The van der Waals surface area contributed by atoms with Gasteiger partial charge in [-0.15, -0.1) is 0 Å². The number of aromatic nitrogens is 3. The van der Waals surface area contributed by atoms with Crippen molar-refractivity contribution >= 4 is 5.82 Å². The SMILES string of the molecule is N#Cc1ccc(N2CCC(c3ccnn3CCO)CC2)nc1. The molecule has 22 heavy (non-hydrogen) atoms. The van der Waals surface area contributed by atoms with Crippen molar-refractivity contribution in [2.75, 3.05) is 24.6 Å². The molecule has 0 bridgehead atoms. The highest BCUT2D eigenvalue weighted by Crippen LogP contribution is 2.29. The molecule has 6 heteroatoms. The van der Waals surface area contributed by atoms with Gasteiger partial charge in [-0.1, -0.05) is 0 Å². The standard InChI is InChI=1S/C16H19N5O/c17-11-13-1-2-16(18-12-13)20-7-4-14(5-8-20)15-3-6-19-21(15)9-10-22/h1-3,6,12,14,22H,4-5,7-10H2. The number of hydrogen-bond donors (Lipinski definition) is 1. The first-order valence-electron chi connectivity index (χ1n) is 7.55. The monoisotopic (exact) mass is 297 g/mol. The lowest BCUT2D eigenvalue weighted by Crippen LogP contribution is -2.34. The predicted octanol–water partition coefficient (Wildman–Crippen LogP) is 1.53. The molecule has 0 saturated carbocycles. The van der Waals surface area contributed by atoms with Crippen LogP contribution in [0.4, 0.5) is 5.82 Å². The van der Waals surface area contributed by atoms with Gasteiger partial charge in [0.15, 0.2) is 0 Å². The van der Waals surface area contributed by atoms with Crippen molar-refractivity contribution in [1.29, 1.82) is 5.26 Å². The molecule has 114 valence electrons. The minimum Gasteiger partial charge on any atom is -0.394 e. The van der Waals surface area contributed by atoms with Gasteiger partial charge >= 0.3 is 0 Å². The Morgan fingerprint density at radius 1 is 1.27 bits per heavy atom. The highest BCUT2D eigenvalue weighted by atomic mass is 16.3. The summed E-state index contributed by atoms with van der Waals surface area (Å²) in [6.45, 7) is 2.55. The van der Waals surface area contributed by atoms with E-state index in [1.165, 1.54) is 5.69 Å². The number of nitriles is 1. The van der Waals surface area contributed by atoms with E-state index < -0.39 is 0 Å². The van der Waals surface area contributed by atoms with E-state index in [9.17, 15) is 0 Å². The second-order valence-electron chi connectivity index (χ2n) is 5.48. The zero-order chi connectivity index (χ0) is 15.4. The van der Waals surface area contributed by atoms with Gasteiger partial charge in [0.2, 0.25) is 0 Å². The minimum atomic E-state index is 0.114. The Hall–Kier alpha value is -2.39. The molecule has 0 spiro atoms. The van der Waals surface area contributed by atoms with Crippen molar-refractivity contribution < 1.29 is 5.11 Å². The Balaban J connectivity index is 1.64. The third kappa shape index (κ3) is 2.95. The largest absolute Gasteiger partial charge is 0.394 e. The Labute approximate surface area is 129 Å². The molecule has 2 aromatic rings. The Morgan fingerprint density at radius 3 is 2.73 bits per heavy atom. The molecule has 0 aliphatic carbocycles. The van der Waals surface area contributed by atoms with E-state index in [2.05, 4.69) is 27.1 Å². The average molecular weight is 297 g/mol. The van der Waals surface area contributed by atoms with E-state index >= 15 is 0 Å². The zero-order valence-electron chi connectivity index (χ0n) is 12.4. The number of aliphatic hydroxyl groups excluding tert-OH is 1. The van der Waals surface area contributed by atoms with Crippen molar-refractivity contribution in [2.24, 2.45) is 0 Å². The fourth-order valence-corrected chi connectivity index (χ4v) is 3.01. The molecule has 3 heterocycles. The van der Waals surface area contributed by atoms with Crippen molar-refractivity contribution in [3.8, 4) is 6.07 Å². The molecule has 2 aromatic heterocycles. The summed E-state index contributed by atoms with van der Waals surface area (Å²) < 4.78 is 1.90. The van der Waals surface area contributed by atoms with Gasteiger partial charge in [-0.05, 0) is 31.0 Å².